The van der Waals surface area contributed by atoms with Crippen LogP contribution in [0.2, 0.25) is 5.02 Å². The Morgan fingerprint density at radius 2 is 1.83 bits per heavy atom. The van der Waals surface area contributed by atoms with Crippen molar-refractivity contribution in [2.45, 2.75) is 18.9 Å². The predicted octanol–water partition coefficient (Wildman–Crippen LogP) is 2.45. The maximum absolute atomic E-state index is 12.9. The standard InChI is InChI=1S/C20H22BrClN4O3/c21-12-7-8-17(14(10-12)19(28)13-4-1-2-5-15(13)22)26-18(27)11-25-20(29)16(24)6-3-9-23/h1-2,4-5,7-8,10,16H,3,6,9,11,23-24H2,(H,25,29)(H,26,27). The fraction of sp³-hybridized carbons (Fsp3) is 0.250. The summed E-state index contributed by atoms with van der Waals surface area (Å²) in [4.78, 5) is 37.1. The molecule has 0 spiro atoms. The van der Waals surface area contributed by atoms with Crippen LogP contribution in [0.3, 0.4) is 0 Å². The van der Waals surface area contributed by atoms with Crippen molar-refractivity contribution in [3.63, 3.8) is 0 Å². The molecule has 29 heavy (non-hydrogen) atoms. The molecule has 1 unspecified atom stereocenters. The highest BCUT2D eigenvalue weighted by Crippen LogP contribution is 2.26. The summed E-state index contributed by atoms with van der Waals surface area (Å²) < 4.78 is 0.671. The summed E-state index contributed by atoms with van der Waals surface area (Å²) in [6.07, 6.45) is 1.06. The van der Waals surface area contributed by atoms with Crippen molar-refractivity contribution < 1.29 is 14.4 Å². The van der Waals surface area contributed by atoms with Crippen LogP contribution in [-0.4, -0.2) is 36.7 Å². The van der Waals surface area contributed by atoms with E-state index in [1.165, 1.54) is 0 Å². The maximum Gasteiger partial charge on any atom is 0.243 e. The van der Waals surface area contributed by atoms with Crippen molar-refractivity contribution in [3.05, 3.63) is 63.1 Å². The van der Waals surface area contributed by atoms with E-state index in [1.807, 2.05) is 0 Å². The van der Waals surface area contributed by atoms with Crippen molar-refractivity contribution in [3.8, 4) is 0 Å². The molecule has 7 nitrogen and oxygen atoms in total. The molecule has 0 heterocycles. The van der Waals surface area contributed by atoms with Gasteiger partial charge in [-0.25, -0.2) is 0 Å². The Kier molecular flexibility index (Phi) is 8.78. The number of nitrogens with two attached hydrogens (primary N) is 2. The number of benzene rings is 2. The molecule has 2 aromatic rings. The van der Waals surface area contributed by atoms with Gasteiger partial charge in [0.2, 0.25) is 11.8 Å². The smallest absolute Gasteiger partial charge is 0.243 e. The molecule has 0 saturated carbocycles. The summed E-state index contributed by atoms with van der Waals surface area (Å²) in [5.74, 6) is -1.25. The molecule has 1 atom stereocenters. The van der Waals surface area contributed by atoms with Crippen molar-refractivity contribution in [2.75, 3.05) is 18.4 Å². The maximum atomic E-state index is 12.9. The zero-order valence-electron chi connectivity index (χ0n) is 15.6. The third kappa shape index (κ3) is 6.64. The van der Waals surface area contributed by atoms with Crippen LogP contribution in [0.15, 0.2) is 46.9 Å². The first-order valence-corrected chi connectivity index (χ1v) is 10.1. The van der Waals surface area contributed by atoms with Gasteiger partial charge in [-0.3, -0.25) is 14.4 Å². The van der Waals surface area contributed by atoms with Crippen LogP contribution < -0.4 is 22.1 Å². The van der Waals surface area contributed by atoms with E-state index < -0.39 is 17.9 Å². The molecule has 154 valence electrons. The van der Waals surface area contributed by atoms with E-state index in [1.54, 1.807) is 42.5 Å². The van der Waals surface area contributed by atoms with E-state index in [0.717, 1.165) is 0 Å². The average molecular weight is 482 g/mol. The minimum Gasteiger partial charge on any atom is -0.346 e. The summed E-state index contributed by atoms with van der Waals surface area (Å²) in [5.41, 5.74) is 12.0. The number of halogens is 2. The molecule has 2 rings (SSSR count). The minimum atomic E-state index is -0.726. The number of carbonyl (C=O) groups excluding carboxylic acids is 3. The molecule has 0 saturated heterocycles. The lowest BCUT2D eigenvalue weighted by Gasteiger charge is -2.14. The first-order valence-electron chi connectivity index (χ1n) is 8.95. The van der Waals surface area contributed by atoms with E-state index >= 15 is 0 Å². The molecule has 0 aliphatic heterocycles. The Labute approximate surface area is 182 Å². The number of hydrogen-bond acceptors (Lipinski definition) is 5. The van der Waals surface area contributed by atoms with E-state index in [0.29, 0.717) is 40.1 Å². The highest BCUT2D eigenvalue weighted by Gasteiger charge is 2.19. The lowest BCUT2D eigenvalue weighted by molar-refractivity contribution is -0.125. The topological polar surface area (TPSA) is 127 Å². The van der Waals surface area contributed by atoms with Crippen molar-refractivity contribution >= 4 is 50.8 Å². The van der Waals surface area contributed by atoms with Gasteiger partial charge < -0.3 is 22.1 Å². The van der Waals surface area contributed by atoms with Crippen molar-refractivity contribution in [1.82, 2.24) is 5.32 Å². The molecule has 0 radical (unpaired) electrons. The van der Waals surface area contributed by atoms with E-state index in [4.69, 9.17) is 23.1 Å². The van der Waals surface area contributed by atoms with Crippen LogP contribution in [0, 0.1) is 0 Å². The molecule has 0 bridgehead atoms. The molecule has 2 amide bonds. The Morgan fingerprint density at radius 1 is 1.10 bits per heavy atom. The largest absolute Gasteiger partial charge is 0.346 e. The van der Waals surface area contributed by atoms with E-state index in [-0.39, 0.29) is 17.9 Å². The summed E-state index contributed by atoms with van der Waals surface area (Å²) in [6, 6.07) is 10.8. The third-order valence-corrected chi connectivity index (χ3v) is 4.92. The predicted molar refractivity (Wildman–Crippen MR) is 117 cm³/mol. The van der Waals surface area contributed by atoms with Crippen LogP contribution >= 0.6 is 27.5 Å². The van der Waals surface area contributed by atoms with Gasteiger partial charge in [-0.05, 0) is 49.7 Å². The van der Waals surface area contributed by atoms with Gasteiger partial charge in [-0.1, -0.05) is 39.7 Å². The number of amides is 2. The summed E-state index contributed by atoms with van der Waals surface area (Å²) in [6.45, 7) is 0.165. The number of carbonyl (C=O) groups is 3. The van der Waals surface area contributed by atoms with Gasteiger partial charge in [-0.15, -0.1) is 0 Å². The Balaban J connectivity index is 2.09. The molecule has 0 fully saturated rings. The third-order valence-electron chi connectivity index (χ3n) is 4.10. The van der Waals surface area contributed by atoms with Crippen LogP contribution in [0.5, 0.6) is 0 Å². The second kappa shape index (κ2) is 11.1. The quantitative estimate of drug-likeness (QED) is 0.409. The fourth-order valence-corrected chi connectivity index (χ4v) is 3.15. The molecule has 6 N–H and O–H groups in total. The molecular formula is C20H22BrClN4O3. The van der Waals surface area contributed by atoms with Crippen LogP contribution in [0.1, 0.15) is 28.8 Å². The molecule has 0 aromatic heterocycles. The second-order valence-electron chi connectivity index (χ2n) is 6.30. The van der Waals surface area contributed by atoms with Gasteiger partial charge in [0.15, 0.2) is 5.78 Å². The van der Waals surface area contributed by atoms with Gasteiger partial charge >= 0.3 is 0 Å². The van der Waals surface area contributed by atoms with Crippen LogP contribution in [0.25, 0.3) is 0 Å². The van der Waals surface area contributed by atoms with Crippen molar-refractivity contribution in [1.29, 1.82) is 0 Å². The average Bonchev–Trinajstić information content (AvgIpc) is 2.71. The van der Waals surface area contributed by atoms with Crippen LogP contribution in [-0.2, 0) is 9.59 Å². The second-order valence-corrected chi connectivity index (χ2v) is 7.63. The first kappa shape index (κ1) is 23.0. The fourth-order valence-electron chi connectivity index (χ4n) is 2.57. The number of ketones is 1. The number of nitrogens with one attached hydrogen (secondary N) is 2. The van der Waals surface area contributed by atoms with E-state index in [9.17, 15) is 14.4 Å². The lowest BCUT2D eigenvalue weighted by atomic mass is 10.0. The molecule has 2 aromatic carbocycles. The zero-order valence-corrected chi connectivity index (χ0v) is 17.9. The van der Waals surface area contributed by atoms with Gasteiger partial charge in [0, 0.05) is 15.6 Å². The van der Waals surface area contributed by atoms with Crippen LogP contribution in [0.4, 0.5) is 5.69 Å². The Morgan fingerprint density at radius 3 is 2.52 bits per heavy atom. The van der Waals surface area contributed by atoms with E-state index in [2.05, 4.69) is 26.6 Å². The van der Waals surface area contributed by atoms with Gasteiger partial charge in [0.1, 0.15) is 0 Å². The van der Waals surface area contributed by atoms with Gasteiger partial charge in [0.25, 0.3) is 0 Å². The lowest BCUT2D eigenvalue weighted by Crippen LogP contribution is -2.43. The van der Waals surface area contributed by atoms with Crippen molar-refractivity contribution in [2.24, 2.45) is 11.5 Å². The first-order chi connectivity index (χ1) is 13.8. The Bertz CT molecular complexity index is 907. The highest BCUT2D eigenvalue weighted by atomic mass is 79.9. The highest BCUT2D eigenvalue weighted by molar-refractivity contribution is 9.10. The monoisotopic (exact) mass is 480 g/mol. The molecule has 0 aliphatic rings. The molecular weight excluding hydrogens is 460 g/mol. The van der Waals surface area contributed by atoms with Gasteiger partial charge in [0.05, 0.1) is 23.3 Å². The number of rotatable bonds is 9. The SMILES string of the molecule is NCCCC(N)C(=O)NCC(=O)Nc1ccc(Br)cc1C(=O)c1ccccc1Cl. The van der Waals surface area contributed by atoms with Gasteiger partial charge in [-0.2, -0.15) is 0 Å². The number of hydrogen-bond donors (Lipinski definition) is 4. The summed E-state index contributed by atoms with van der Waals surface area (Å²) in [5, 5.41) is 5.44. The molecule has 9 heteroatoms. The summed E-state index contributed by atoms with van der Waals surface area (Å²) >= 11 is 9.46. The number of anilines is 1. The Hall–Kier alpha value is -2.26. The summed E-state index contributed by atoms with van der Waals surface area (Å²) in [7, 11) is 0. The minimum absolute atomic E-state index is 0.270. The normalized spacial score (nSPS) is 11.6. The zero-order chi connectivity index (χ0) is 21.4. The molecule has 0 aliphatic carbocycles.